The zero-order valence-corrected chi connectivity index (χ0v) is 87.1. The Morgan fingerprint density at radius 3 is 1.45 bits per heavy atom. The Bertz CT molecular complexity index is 6030. The number of primary amides is 1. The molecule has 4 bridgehead atoms. The van der Waals surface area contributed by atoms with Crippen LogP contribution in [-0.2, 0) is 122 Å². The predicted molar refractivity (Wildman–Crippen MR) is 560 cm³/mol. The van der Waals surface area contributed by atoms with Crippen LogP contribution in [-0.4, -0.2) is 357 Å². The normalized spacial score (nSPS) is 24.9. The van der Waals surface area contributed by atoms with E-state index in [-0.39, 0.29) is 176 Å². The van der Waals surface area contributed by atoms with Crippen LogP contribution in [0.5, 0.6) is 0 Å². The van der Waals surface area contributed by atoms with E-state index in [4.69, 9.17) is 11.5 Å². The highest BCUT2D eigenvalue weighted by atomic mass is 32.2. The number of aliphatic carboxylic acids is 1. The maximum atomic E-state index is 15.7. The first kappa shape index (κ1) is 115. The van der Waals surface area contributed by atoms with Gasteiger partial charge in [-0.1, -0.05) is 74.9 Å². The van der Waals surface area contributed by atoms with Gasteiger partial charge in [0.1, 0.15) is 84.6 Å². The number of carboxylic acid groups (broad SMARTS) is 1. The van der Waals surface area contributed by atoms with E-state index in [2.05, 4.69) is 89.1 Å². The van der Waals surface area contributed by atoms with Gasteiger partial charge in [-0.05, 0) is 128 Å². The molecule has 19 amide bonds. The van der Waals surface area contributed by atoms with Crippen molar-refractivity contribution < 1.29 is 106 Å². The van der Waals surface area contributed by atoms with Crippen molar-refractivity contribution in [3.8, 4) is 0 Å². The maximum Gasteiger partial charge on any atom is 0.327 e. The number of carbonyl (C=O) groups excluding carboxylic acids is 19. The van der Waals surface area contributed by atoms with Crippen molar-refractivity contribution in [1.29, 1.82) is 0 Å². The smallest absolute Gasteiger partial charge is 0.327 e. The molecule has 50 heteroatoms. The van der Waals surface area contributed by atoms with Gasteiger partial charge in [0.25, 0.3) is 0 Å². The minimum Gasteiger partial charge on any atom is -0.480 e. The number of thioether (sulfide) groups is 4. The first-order valence-electron chi connectivity index (χ1n) is 50.0. The van der Waals surface area contributed by atoms with E-state index >= 15 is 47.9 Å². The lowest BCUT2D eigenvalue weighted by atomic mass is 9.96. The molecular formula is C100H132N24O22S4. The number of fused-ring (bicyclic) bond motifs is 12. The van der Waals surface area contributed by atoms with Gasteiger partial charge in [-0.15, -0.1) is 0 Å². The third-order valence-corrected chi connectivity index (χ3v) is 30.7. The van der Waals surface area contributed by atoms with Crippen LogP contribution < -0.4 is 80.6 Å². The van der Waals surface area contributed by atoms with E-state index in [1.165, 1.54) is 55.6 Å². The minimum absolute atomic E-state index is 0.0254. The fourth-order valence-electron chi connectivity index (χ4n) is 18.5. The number of unbranched alkanes of at least 4 members (excludes halogenated alkanes) is 1. The molecule has 5 saturated heterocycles. The van der Waals surface area contributed by atoms with Gasteiger partial charge in [0, 0.05) is 163 Å². The third-order valence-electron chi connectivity index (χ3n) is 26.8. The van der Waals surface area contributed by atoms with Crippen LogP contribution in [0.4, 0.5) is 0 Å². The standard InChI is InChI=1S/C100H132N24O22S4/c1-5-56(2)86-97(142)115-72(42-60-46-105-66-20-10-7-17-63(60)66)91(136)118-78(100(145)146)52-150-39-30-85(131)122-54-120-53-121(55-122)84(130)29-38-149-51-77(108-57(3)126)99(144)124-35-14-23-79(124)95(140)114-70(40-58-25-32-103-33-26-58)87(132)107-48-82(128)109-76(50-148-37-28-83(120)129)94(139)111-69(27-36-147-4)89(134)110-68(22-12-13-31-101)88(133)113-73(44-81(102)127)92(137)112-71(41-59-45-104-65-19-9-6-16-62(59)65)90(135)117-75(49-125)93(138)116-74(43-61-47-106-67-21-11-8-18-64(61)67)98(143)123-34-15-24-80(123)96(141)119-86/h6-11,16-21,25-26,32-33,45-47,56,68-80,86,104-106,125H,5,12-15,22-24,27-31,34-44,48-55,101H2,1-4H3,(H2,102,127)(H,107,132)(H,108,126)(H,109,128)(H,110,134)(H,111,139)(H,112,137)(H,113,133)(H,114,140)(H,115,142)(H,116,138)(H,117,135)(H,118,136)(H,119,141)(H,145,146)/t56-,68-,69-,70-,71-,72-,73-,74-,75-,76-,77+,78-,79-,80-,86-/m0/s1. The van der Waals surface area contributed by atoms with Crippen molar-refractivity contribution in [3.63, 3.8) is 0 Å². The molecule has 3 aromatic carbocycles. The zero-order chi connectivity index (χ0) is 108. The quantitative estimate of drug-likeness (QED) is 0.0339. The van der Waals surface area contributed by atoms with E-state index in [0.29, 0.717) is 61.4 Å². The molecular weight excluding hydrogens is 2020 g/mol. The van der Waals surface area contributed by atoms with Crippen LogP contribution in [0.2, 0.25) is 0 Å². The van der Waals surface area contributed by atoms with E-state index in [0.717, 1.165) is 35.3 Å². The number of para-hydroxylation sites is 3. The number of H-pyrrole nitrogens is 3. The van der Waals surface area contributed by atoms with Crippen LogP contribution in [0.3, 0.4) is 0 Å². The van der Waals surface area contributed by atoms with Gasteiger partial charge in [-0.3, -0.25) is 96.1 Å². The molecule has 4 aromatic heterocycles. The highest BCUT2D eigenvalue weighted by Gasteiger charge is 2.45. The second kappa shape index (κ2) is 56.1. The molecule has 9 heterocycles. The number of nitrogens with one attached hydrogen (secondary N) is 16. The first-order chi connectivity index (χ1) is 72.1. The molecule has 5 fully saturated rings. The third kappa shape index (κ3) is 31.9. The molecule has 808 valence electrons. The highest BCUT2D eigenvalue weighted by molar-refractivity contribution is 7.99. The van der Waals surface area contributed by atoms with Gasteiger partial charge in [0.15, 0.2) is 0 Å². The number of pyridine rings is 1. The number of aromatic nitrogens is 4. The fourth-order valence-corrected chi connectivity index (χ4v) is 21.8. The summed E-state index contributed by atoms with van der Waals surface area (Å²) in [7, 11) is 0. The van der Waals surface area contributed by atoms with Crippen molar-refractivity contribution in [2.45, 2.75) is 215 Å². The largest absolute Gasteiger partial charge is 0.480 e. The molecule has 5 aliphatic heterocycles. The summed E-state index contributed by atoms with van der Waals surface area (Å²) in [6.07, 6.45) is 7.57. The van der Waals surface area contributed by atoms with E-state index < -0.39 is 228 Å². The number of nitrogens with zero attached hydrogens (tertiary/aromatic N) is 6. The fraction of sp³-hybridized carbons (Fsp3) is 0.510. The van der Waals surface area contributed by atoms with Crippen molar-refractivity contribution >= 4 is 198 Å². The van der Waals surface area contributed by atoms with Gasteiger partial charge in [0.2, 0.25) is 112 Å². The molecule has 0 radical (unpaired) electrons. The van der Waals surface area contributed by atoms with Crippen LogP contribution >= 0.6 is 47.0 Å². The molecule has 0 spiro atoms. The lowest BCUT2D eigenvalue weighted by Gasteiger charge is -2.42. The number of hydrogen-bond donors (Lipinski definition) is 20. The molecule has 12 rings (SSSR count). The summed E-state index contributed by atoms with van der Waals surface area (Å²) in [6, 6.07) is 2.39. The Kier molecular flexibility index (Phi) is 43.0. The number of carbonyl (C=O) groups is 20. The maximum absolute atomic E-state index is 15.7. The number of benzene rings is 3. The lowest BCUT2D eigenvalue weighted by Crippen LogP contribution is -2.62. The van der Waals surface area contributed by atoms with Crippen LogP contribution in [0, 0.1) is 5.92 Å². The van der Waals surface area contributed by atoms with Gasteiger partial charge in [-0.25, -0.2) is 4.79 Å². The molecule has 46 nitrogen and oxygen atoms in total. The Morgan fingerprint density at radius 1 is 0.493 bits per heavy atom. The Morgan fingerprint density at radius 2 is 0.933 bits per heavy atom. The molecule has 15 atom stereocenters. The number of amides is 19. The van der Waals surface area contributed by atoms with Gasteiger partial charge < -0.3 is 130 Å². The molecule has 5 aliphatic rings. The summed E-state index contributed by atoms with van der Waals surface area (Å²) in [5.41, 5.74) is 15.7. The van der Waals surface area contributed by atoms with Crippen molar-refractivity contribution in [2.24, 2.45) is 17.4 Å². The summed E-state index contributed by atoms with van der Waals surface area (Å²) < 4.78 is 0. The molecule has 0 aliphatic carbocycles. The average Bonchev–Trinajstić information content (AvgIpc) is 1.64. The summed E-state index contributed by atoms with van der Waals surface area (Å²) in [4.78, 5) is 314. The van der Waals surface area contributed by atoms with Gasteiger partial charge in [0.05, 0.1) is 39.6 Å². The van der Waals surface area contributed by atoms with Gasteiger partial charge >= 0.3 is 5.97 Å². The number of aromatic amines is 3. The van der Waals surface area contributed by atoms with E-state index in [1.807, 2.05) is 0 Å². The van der Waals surface area contributed by atoms with Crippen LogP contribution in [0.15, 0.2) is 116 Å². The minimum atomic E-state index is -1.95. The zero-order valence-electron chi connectivity index (χ0n) is 83.8. The Hall–Kier alpha value is -13.9. The topological polar surface area (TPSA) is 667 Å². The van der Waals surface area contributed by atoms with Crippen LogP contribution in [0.1, 0.15) is 126 Å². The Labute approximate surface area is 881 Å². The van der Waals surface area contributed by atoms with Crippen molar-refractivity contribution in [2.75, 3.05) is 99.3 Å². The van der Waals surface area contributed by atoms with Gasteiger partial charge in [-0.2, -0.15) is 47.0 Å². The summed E-state index contributed by atoms with van der Waals surface area (Å²) in [5, 5.41) is 58.6. The number of aliphatic hydroxyl groups is 1. The lowest BCUT2D eigenvalue weighted by molar-refractivity contribution is -0.158. The summed E-state index contributed by atoms with van der Waals surface area (Å²) in [5.74, 6) is -19.8. The van der Waals surface area contributed by atoms with E-state index in [1.54, 1.807) is 124 Å². The average molecular weight is 2150 g/mol. The Balaban J connectivity index is 0.888. The number of hydrogen-bond acceptors (Lipinski definition) is 27. The summed E-state index contributed by atoms with van der Waals surface area (Å²) in [6.45, 7) is 1.63. The van der Waals surface area contributed by atoms with Crippen molar-refractivity contribution in [1.82, 2.24) is 114 Å². The molecule has 0 unspecified atom stereocenters. The second-order valence-electron chi connectivity index (χ2n) is 37.6. The predicted octanol–water partition coefficient (Wildman–Crippen LogP) is -1.62. The van der Waals surface area contributed by atoms with Crippen LogP contribution in [0.25, 0.3) is 32.7 Å². The molecule has 150 heavy (non-hydrogen) atoms. The second-order valence-corrected chi connectivity index (χ2v) is 42.0. The number of aliphatic hydroxyl groups excluding tert-OH is 1. The van der Waals surface area contributed by atoms with E-state index in [9.17, 15) is 58.2 Å². The molecule has 22 N–H and O–H groups in total. The summed E-state index contributed by atoms with van der Waals surface area (Å²) >= 11 is 4.30. The number of carboxylic acids is 1. The monoisotopic (exact) mass is 2150 g/mol. The SMILES string of the molecule is CC[C@H](C)[C@@H]1NC(=O)[C@@H]2CCCN2C(=O)[C@H](Cc2c[nH]c3ccccc23)NC(=O)[C@H](CO)NC(=O)[C@H](Cc2c[nH]c3ccccc23)NC(=O)[C@H](CC(N)=O)NC(=O)[C@H](CCCCN)NC(=O)[C@H](CCSC)NC(=O)[C@@H]2CSCCC(=O)N3CN(CN(C3)C(=O)CCSC[C@@H](NC(C)=O)C(=O)N3CCC[C@H]3C(=O)N[C@@H](Cc3ccncc3)C(=O)NCC(=O)N2)C(=O)CCSC[C@@H](C(=O)O)NC(=O)[C@H](Cc2c[nH]c3ccccc23)NC1=O. The highest BCUT2D eigenvalue weighted by Crippen LogP contribution is 2.29. The first-order valence-corrected chi connectivity index (χ1v) is 54.9. The van der Waals surface area contributed by atoms with Crippen molar-refractivity contribution in [3.05, 3.63) is 138 Å². The number of nitrogens with two attached hydrogens (primary N) is 2. The molecule has 7 aromatic rings. The molecule has 0 saturated carbocycles. The number of rotatable bonds is 22.